The molecule has 1 aliphatic rings. The normalized spacial score (nSPS) is 30.7. The van der Waals surface area contributed by atoms with Crippen molar-refractivity contribution in [3.63, 3.8) is 0 Å². The van der Waals surface area contributed by atoms with E-state index in [9.17, 15) is 0 Å². The van der Waals surface area contributed by atoms with Gasteiger partial charge in [-0.3, -0.25) is 0 Å². The van der Waals surface area contributed by atoms with Crippen LogP contribution in [0.4, 0.5) is 0 Å². The van der Waals surface area contributed by atoms with Gasteiger partial charge in [-0.2, -0.15) is 0 Å². The molecule has 94 valence electrons. The summed E-state index contributed by atoms with van der Waals surface area (Å²) in [6.07, 6.45) is 6.75. The molecule has 16 heavy (non-hydrogen) atoms. The van der Waals surface area contributed by atoms with E-state index in [0.29, 0.717) is 5.41 Å². The van der Waals surface area contributed by atoms with Crippen LogP contribution in [0, 0.1) is 23.2 Å². The first-order valence-electron chi connectivity index (χ1n) is 7.09. The lowest BCUT2D eigenvalue weighted by molar-refractivity contribution is 0.110. The highest BCUT2D eigenvalue weighted by molar-refractivity contribution is 5.01. The maximum Gasteiger partial charge on any atom is -0.0235 e. The van der Waals surface area contributed by atoms with Gasteiger partial charge in [-0.25, -0.2) is 0 Å². The number of hydrogen-bond acceptors (Lipinski definition) is 0. The lowest BCUT2D eigenvalue weighted by Gasteiger charge is -2.41. The summed E-state index contributed by atoms with van der Waals surface area (Å²) in [5, 5.41) is 0. The Bertz CT molecular complexity index is 234. The van der Waals surface area contributed by atoms with Gasteiger partial charge in [-0.05, 0) is 62.2 Å². The van der Waals surface area contributed by atoms with E-state index in [1.165, 1.54) is 37.7 Å². The fraction of sp³-hybridized carbons (Fsp3) is 0.875. The maximum absolute atomic E-state index is 4.15. The van der Waals surface area contributed by atoms with Crippen LogP contribution >= 0.6 is 0 Å². The lowest BCUT2D eigenvalue weighted by atomic mass is 9.64. The average Bonchev–Trinajstić information content (AvgIpc) is 2.54. The molecule has 0 radical (unpaired) electrons. The Morgan fingerprint density at radius 2 is 1.75 bits per heavy atom. The zero-order valence-corrected chi connectivity index (χ0v) is 12.0. The van der Waals surface area contributed by atoms with E-state index in [1.807, 2.05) is 0 Å². The zero-order chi connectivity index (χ0) is 12.3. The second-order valence-corrected chi connectivity index (χ2v) is 6.36. The first-order chi connectivity index (χ1) is 7.45. The molecule has 0 nitrogen and oxygen atoms in total. The van der Waals surface area contributed by atoms with E-state index in [2.05, 4.69) is 41.2 Å². The van der Waals surface area contributed by atoms with E-state index in [0.717, 1.165) is 17.8 Å². The molecule has 0 heteroatoms. The molecule has 1 rings (SSSR count). The smallest absolute Gasteiger partial charge is 0.0235 e. The van der Waals surface area contributed by atoms with Gasteiger partial charge in [0, 0.05) is 0 Å². The zero-order valence-electron chi connectivity index (χ0n) is 12.0. The summed E-state index contributed by atoms with van der Waals surface area (Å²) in [7, 11) is 0. The molecule has 0 aromatic rings. The van der Waals surface area contributed by atoms with Crippen molar-refractivity contribution >= 4 is 0 Å². The number of allylic oxidation sites excluding steroid dienone is 1. The van der Waals surface area contributed by atoms with Gasteiger partial charge in [0.2, 0.25) is 0 Å². The van der Waals surface area contributed by atoms with Crippen molar-refractivity contribution in [2.45, 2.75) is 66.7 Å². The van der Waals surface area contributed by atoms with E-state index in [1.54, 1.807) is 0 Å². The summed E-state index contributed by atoms with van der Waals surface area (Å²) < 4.78 is 0. The van der Waals surface area contributed by atoms with Gasteiger partial charge < -0.3 is 0 Å². The SMILES string of the molecule is C=C(C)CC(CC)(CC)C1CC(C)CC1C. The minimum absolute atomic E-state index is 0.538. The van der Waals surface area contributed by atoms with Gasteiger partial charge in [0.25, 0.3) is 0 Å². The summed E-state index contributed by atoms with van der Waals surface area (Å²) in [4.78, 5) is 0. The van der Waals surface area contributed by atoms with Crippen LogP contribution in [0.15, 0.2) is 12.2 Å². The molecule has 1 aliphatic carbocycles. The van der Waals surface area contributed by atoms with E-state index < -0.39 is 0 Å². The number of hydrogen-bond donors (Lipinski definition) is 0. The van der Waals surface area contributed by atoms with Crippen LogP contribution in [-0.2, 0) is 0 Å². The second-order valence-electron chi connectivity index (χ2n) is 6.36. The fourth-order valence-electron chi connectivity index (χ4n) is 4.17. The number of rotatable bonds is 5. The molecule has 0 saturated heterocycles. The molecular formula is C16H30. The third-order valence-electron chi connectivity index (χ3n) is 4.97. The molecule has 0 N–H and O–H groups in total. The van der Waals surface area contributed by atoms with Crippen LogP contribution in [-0.4, -0.2) is 0 Å². The van der Waals surface area contributed by atoms with Crippen molar-refractivity contribution in [3.05, 3.63) is 12.2 Å². The topological polar surface area (TPSA) is 0 Å². The Hall–Kier alpha value is -0.260. The van der Waals surface area contributed by atoms with Gasteiger partial charge in [-0.1, -0.05) is 33.3 Å². The highest BCUT2D eigenvalue weighted by Crippen LogP contribution is 2.52. The predicted octanol–water partition coefficient (Wildman–Crippen LogP) is 5.44. The fourth-order valence-corrected chi connectivity index (χ4v) is 4.17. The Labute approximate surface area is 103 Å². The first kappa shape index (κ1) is 13.8. The third kappa shape index (κ3) is 2.70. The van der Waals surface area contributed by atoms with Crippen molar-refractivity contribution in [2.75, 3.05) is 0 Å². The van der Waals surface area contributed by atoms with Crippen LogP contribution in [0.3, 0.4) is 0 Å². The summed E-state index contributed by atoms with van der Waals surface area (Å²) in [5.41, 5.74) is 1.91. The summed E-state index contributed by atoms with van der Waals surface area (Å²) in [6, 6.07) is 0. The average molecular weight is 222 g/mol. The standard InChI is InChI=1S/C16H30/c1-7-16(8-2,11-12(3)4)15-10-13(5)9-14(15)6/h13-15H,3,7-11H2,1-2,4-6H3. The molecule has 1 saturated carbocycles. The molecule has 0 spiro atoms. The van der Waals surface area contributed by atoms with Crippen LogP contribution < -0.4 is 0 Å². The molecule has 1 fully saturated rings. The molecule has 0 heterocycles. The van der Waals surface area contributed by atoms with Crippen molar-refractivity contribution in [1.82, 2.24) is 0 Å². The lowest BCUT2D eigenvalue weighted by Crippen LogP contribution is -2.31. The van der Waals surface area contributed by atoms with Crippen LogP contribution in [0.1, 0.15) is 66.7 Å². The Morgan fingerprint density at radius 3 is 2.06 bits per heavy atom. The molecule has 0 aliphatic heterocycles. The van der Waals surface area contributed by atoms with Crippen molar-refractivity contribution in [1.29, 1.82) is 0 Å². The Morgan fingerprint density at radius 1 is 1.19 bits per heavy atom. The molecule has 0 aromatic carbocycles. The maximum atomic E-state index is 4.15. The van der Waals surface area contributed by atoms with Crippen LogP contribution in [0.25, 0.3) is 0 Å². The van der Waals surface area contributed by atoms with Crippen molar-refractivity contribution < 1.29 is 0 Å². The molecule has 0 bridgehead atoms. The summed E-state index contributed by atoms with van der Waals surface area (Å²) >= 11 is 0. The van der Waals surface area contributed by atoms with E-state index >= 15 is 0 Å². The minimum atomic E-state index is 0.538. The minimum Gasteiger partial charge on any atom is -0.100 e. The molecule has 3 atom stereocenters. The summed E-state index contributed by atoms with van der Waals surface area (Å²) in [5.74, 6) is 2.77. The van der Waals surface area contributed by atoms with Crippen LogP contribution in [0.5, 0.6) is 0 Å². The van der Waals surface area contributed by atoms with Gasteiger partial charge in [0.15, 0.2) is 0 Å². The van der Waals surface area contributed by atoms with Gasteiger partial charge in [-0.15, -0.1) is 6.58 Å². The predicted molar refractivity (Wildman–Crippen MR) is 73.5 cm³/mol. The van der Waals surface area contributed by atoms with Crippen molar-refractivity contribution in [3.8, 4) is 0 Å². The van der Waals surface area contributed by atoms with Crippen molar-refractivity contribution in [2.24, 2.45) is 23.2 Å². The van der Waals surface area contributed by atoms with Gasteiger partial charge in [0.1, 0.15) is 0 Å². The second kappa shape index (κ2) is 5.38. The third-order valence-corrected chi connectivity index (χ3v) is 4.97. The molecule has 0 amide bonds. The van der Waals surface area contributed by atoms with Gasteiger partial charge in [0.05, 0.1) is 0 Å². The largest absolute Gasteiger partial charge is 0.100 e. The Balaban J connectivity index is 2.87. The highest BCUT2D eigenvalue weighted by Gasteiger charge is 2.42. The van der Waals surface area contributed by atoms with E-state index in [-0.39, 0.29) is 0 Å². The monoisotopic (exact) mass is 222 g/mol. The van der Waals surface area contributed by atoms with Crippen LogP contribution in [0.2, 0.25) is 0 Å². The molecule has 0 aromatic heterocycles. The molecular weight excluding hydrogens is 192 g/mol. The summed E-state index contributed by atoms with van der Waals surface area (Å²) in [6.45, 7) is 16.0. The highest BCUT2D eigenvalue weighted by atomic mass is 14.5. The molecule has 3 unspecified atom stereocenters. The quantitative estimate of drug-likeness (QED) is 0.543. The Kier molecular flexibility index (Phi) is 4.64. The first-order valence-corrected chi connectivity index (χ1v) is 7.09. The van der Waals surface area contributed by atoms with Gasteiger partial charge >= 0.3 is 0 Å². The van der Waals surface area contributed by atoms with E-state index in [4.69, 9.17) is 0 Å².